The van der Waals surface area contributed by atoms with Gasteiger partial charge < -0.3 is 15.7 Å². The second-order valence-corrected chi connectivity index (χ2v) is 4.54. The van der Waals surface area contributed by atoms with E-state index in [1.165, 1.54) is 6.92 Å². The molecule has 0 aliphatic rings. The Balaban J connectivity index is 4.39. The summed E-state index contributed by atoms with van der Waals surface area (Å²) in [6.07, 6.45) is -5.02. The van der Waals surface area contributed by atoms with E-state index in [1.54, 1.807) is 13.8 Å². The summed E-state index contributed by atoms with van der Waals surface area (Å²) in [5, 5.41) is 13.2. The van der Waals surface area contributed by atoms with Gasteiger partial charge in [0, 0.05) is 6.04 Å². The van der Waals surface area contributed by atoms with Gasteiger partial charge in [-0.3, -0.25) is 0 Å². The Kier molecular flexibility index (Phi) is 6.64. The van der Waals surface area contributed by atoms with Crippen molar-refractivity contribution in [3.63, 3.8) is 0 Å². The molecule has 0 aromatic rings. The first-order valence-electron chi connectivity index (χ1n) is 5.93. The normalized spacial score (nSPS) is 16.3. The monoisotopic (exact) mass is 284 g/mol. The minimum Gasteiger partial charge on any atom is -0.480 e. The molecule has 0 aromatic carbocycles. The number of aliphatic carboxylic acids is 1. The Morgan fingerprint density at radius 3 is 2.11 bits per heavy atom. The summed E-state index contributed by atoms with van der Waals surface area (Å²) >= 11 is 0. The highest BCUT2D eigenvalue weighted by Crippen LogP contribution is 2.21. The molecule has 0 radical (unpaired) electrons. The van der Waals surface area contributed by atoms with Crippen LogP contribution in [0, 0.1) is 5.92 Å². The van der Waals surface area contributed by atoms with Crippen molar-refractivity contribution in [3.8, 4) is 0 Å². The molecule has 0 aliphatic heterocycles. The van der Waals surface area contributed by atoms with E-state index < -0.39 is 36.7 Å². The van der Waals surface area contributed by atoms with E-state index in [1.807, 2.05) is 0 Å². The number of alkyl halides is 3. The molecule has 2 amide bonds. The predicted molar refractivity (Wildman–Crippen MR) is 62.7 cm³/mol. The summed E-state index contributed by atoms with van der Waals surface area (Å²) in [5.41, 5.74) is 0. The van der Waals surface area contributed by atoms with Gasteiger partial charge in [-0.25, -0.2) is 9.59 Å². The van der Waals surface area contributed by atoms with Gasteiger partial charge in [0.2, 0.25) is 0 Å². The van der Waals surface area contributed by atoms with Crippen LogP contribution in [-0.2, 0) is 4.79 Å². The van der Waals surface area contributed by atoms with Crippen molar-refractivity contribution in [1.29, 1.82) is 0 Å². The molecule has 0 saturated carbocycles. The van der Waals surface area contributed by atoms with E-state index >= 15 is 0 Å². The average Bonchev–Trinajstić information content (AvgIpc) is 2.21. The number of amides is 2. The molecule has 5 nitrogen and oxygen atoms in total. The molecular weight excluding hydrogens is 265 g/mol. The molecule has 3 atom stereocenters. The van der Waals surface area contributed by atoms with E-state index in [9.17, 15) is 22.8 Å². The number of urea groups is 1. The van der Waals surface area contributed by atoms with Gasteiger partial charge in [0.1, 0.15) is 6.04 Å². The van der Waals surface area contributed by atoms with Gasteiger partial charge in [-0.15, -0.1) is 0 Å². The summed E-state index contributed by atoms with van der Waals surface area (Å²) in [7, 11) is 0. The van der Waals surface area contributed by atoms with Crippen molar-refractivity contribution >= 4 is 12.0 Å². The zero-order valence-electron chi connectivity index (χ0n) is 11.0. The summed E-state index contributed by atoms with van der Waals surface area (Å²) in [4.78, 5) is 22.3. The van der Waals surface area contributed by atoms with Crippen molar-refractivity contribution in [2.75, 3.05) is 0 Å². The number of carboxylic acid groups (broad SMARTS) is 1. The van der Waals surface area contributed by atoms with Crippen LogP contribution < -0.4 is 10.6 Å². The van der Waals surface area contributed by atoms with Crippen LogP contribution in [-0.4, -0.2) is 35.4 Å². The molecule has 19 heavy (non-hydrogen) atoms. The van der Waals surface area contributed by atoms with Gasteiger partial charge in [0.25, 0.3) is 0 Å². The summed E-state index contributed by atoms with van der Waals surface area (Å²) in [5.74, 6) is -1.53. The van der Waals surface area contributed by atoms with Crippen LogP contribution in [0.15, 0.2) is 0 Å². The molecule has 0 aromatic heterocycles. The van der Waals surface area contributed by atoms with Crippen molar-refractivity contribution in [3.05, 3.63) is 0 Å². The minimum atomic E-state index is -4.38. The highest BCUT2D eigenvalue weighted by molar-refractivity contribution is 5.82. The van der Waals surface area contributed by atoms with Crippen LogP contribution in [0.25, 0.3) is 0 Å². The quantitative estimate of drug-likeness (QED) is 0.699. The Morgan fingerprint density at radius 1 is 1.21 bits per heavy atom. The maximum atomic E-state index is 12.1. The molecule has 8 heteroatoms. The lowest BCUT2D eigenvalue weighted by Crippen LogP contribution is -2.51. The number of hydrogen-bond donors (Lipinski definition) is 3. The molecule has 0 saturated heterocycles. The number of halogens is 3. The lowest BCUT2D eigenvalue weighted by atomic mass is 9.99. The summed E-state index contributed by atoms with van der Waals surface area (Å²) in [6.45, 7) is 4.59. The molecule has 112 valence electrons. The number of rotatable bonds is 6. The van der Waals surface area contributed by atoms with Crippen molar-refractivity contribution in [2.24, 2.45) is 5.92 Å². The molecule has 0 bridgehead atoms. The topological polar surface area (TPSA) is 78.4 Å². The number of hydrogen-bond acceptors (Lipinski definition) is 2. The van der Waals surface area contributed by atoms with Gasteiger partial charge in [0.05, 0.1) is 6.42 Å². The van der Waals surface area contributed by atoms with Crippen LogP contribution in [0.2, 0.25) is 0 Å². The van der Waals surface area contributed by atoms with E-state index in [2.05, 4.69) is 10.6 Å². The first-order chi connectivity index (χ1) is 8.56. The molecule has 0 rings (SSSR count). The van der Waals surface area contributed by atoms with Crippen LogP contribution in [0.1, 0.15) is 33.6 Å². The van der Waals surface area contributed by atoms with E-state index in [0.29, 0.717) is 6.42 Å². The van der Waals surface area contributed by atoms with E-state index in [0.717, 1.165) is 0 Å². The smallest absolute Gasteiger partial charge is 0.391 e. The fraction of sp³-hybridized carbons (Fsp3) is 0.818. The number of carbonyl (C=O) groups excluding carboxylic acids is 1. The third-order valence-electron chi connectivity index (χ3n) is 2.68. The number of nitrogens with one attached hydrogen (secondary N) is 2. The van der Waals surface area contributed by atoms with Gasteiger partial charge in [-0.2, -0.15) is 13.2 Å². The summed E-state index contributed by atoms with van der Waals surface area (Å²) in [6, 6.07) is -3.15. The minimum absolute atomic E-state index is 0.318. The van der Waals surface area contributed by atoms with Gasteiger partial charge in [-0.1, -0.05) is 20.3 Å². The molecule has 0 heterocycles. The maximum absolute atomic E-state index is 12.1. The lowest BCUT2D eigenvalue weighted by Gasteiger charge is -2.22. The van der Waals surface area contributed by atoms with Crippen LogP contribution in [0.4, 0.5) is 18.0 Å². The van der Waals surface area contributed by atoms with Crippen LogP contribution in [0.3, 0.4) is 0 Å². The zero-order valence-corrected chi connectivity index (χ0v) is 11.0. The van der Waals surface area contributed by atoms with Crippen molar-refractivity contribution in [2.45, 2.75) is 51.9 Å². The molecule has 0 fully saturated rings. The fourth-order valence-electron chi connectivity index (χ4n) is 1.49. The Morgan fingerprint density at radius 2 is 1.74 bits per heavy atom. The first-order valence-corrected chi connectivity index (χ1v) is 5.93. The van der Waals surface area contributed by atoms with Gasteiger partial charge in [0.15, 0.2) is 0 Å². The lowest BCUT2D eigenvalue weighted by molar-refractivity contribution is -0.141. The average molecular weight is 284 g/mol. The zero-order chi connectivity index (χ0) is 15.2. The Hall–Kier alpha value is -1.47. The van der Waals surface area contributed by atoms with Gasteiger partial charge in [-0.05, 0) is 12.8 Å². The third-order valence-corrected chi connectivity index (χ3v) is 2.68. The fourth-order valence-corrected chi connectivity index (χ4v) is 1.49. The summed E-state index contributed by atoms with van der Waals surface area (Å²) < 4.78 is 36.2. The standard InChI is InChI=1S/C11H19F3N2O3/c1-4-6(2)8(9(17)18)16-10(19)15-7(3)5-11(12,13)14/h6-8H,4-5H2,1-3H3,(H,17,18)(H2,15,16,19)/t6?,7?,8-/m0/s1. The third kappa shape index (κ3) is 7.53. The number of carboxylic acids is 1. The maximum Gasteiger partial charge on any atom is 0.391 e. The molecule has 3 N–H and O–H groups in total. The van der Waals surface area contributed by atoms with E-state index in [-0.39, 0.29) is 5.92 Å². The molecular formula is C11H19F3N2O3. The highest BCUT2D eigenvalue weighted by Gasteiger charge is 2.31. The number of carbonyl (C=O) groups is 2. The van der Waals surface area contributed by atoms with Crippen LogP contribution in [0.5, 0.6) is 0 Å². The largest absolute Gasteiger partial charge is 0.480 e. The van der Waals surface area contributed by atoms with Crippen molar-refractivity contribution < 1.29 is 27.9 Å². The van der Waals surface area contributed by atoms with Crippen molar-refractivity contribution in [1.82, 2.24) is 10.6 Å². The molecule has 0 aliphatic carbocycles. The molecule has 2 unspecified atom stereocenters. The SMILES string of the molecule is CCC(C)[C@H](NC(=O)NC(C)CC(F)(F)F)C(=O)O. The Bertz CT molecular complexity index is 321. The molecule has 0 spiro atoms. The highest BCUT2D eigenvalue weighted by atomic mass is 19.4. The second-order valence-electron chi connectivity index (χ2n) is 4.54. The second kappa shape index (κ2) is 7.20. The predicted octanol–water partition coefficient (Wildman–Crippen LogP) is 2.13. The Labute approximate surface area is 109 Å². The van der Waals surface area contributed by atoms with Gasteiger partial charge >= 0.3 is 18.2 Å². The first kappa shape index (κ1) is 17.5. The van der Waals surface area contributed by atoms with Crippen LogP contribution >= 0.6 is 0 Å². The van der Waals surface area contributed by atoms with E-state index in [4.69, 9.17) is 5.11 Å².